The molecule has 0 spiro atoms. The molecule has 0 bridgehead atoms. The van der Waals surface area contributed by atoms with Gasteiger partial charge in [0.1, 0.15) is 5.75 Å². The maximum Gasteiger partial charge on any atom is 0.143 e. The summed E-state index contributed by atoms with van der Waals surface area (Å²) in [6.45, 7) is 4.06. The second kappa shape index (κ2) is 3.83. The number of nitrogens with two attached hydrogens (primary N) is 1. The van der Waals surface area contributed by atoms with Gasteiger partial charge in [-0.1, -0.05) is 0 Å². The number of aromatic nitrogens is 1. The lowest BCUT2D eigenvalue weighted by atomic mass is 10.1. The summed E-state index contributed by atoms with van der Waals surface area (Å²) in [5.41, 5.74) is 9.38. The molecule has 2 rings (SSSR count). The number of rotatable bonds is 2. The first-order valence-electron chi connectivity index (χ1n) is 5.44. The molecule has 3 heteroatoms. The van der Waals surface area contributed by atoms with Gasteiger partial charge in [0.15, 0.2) is 0 Å². The molecule has 1 aromatic heterocycles. The summed E-state index contributed by atoms with van der Waals surface area (Å²) in [7, 11) is 3.73. The van der Waals surface area contributed by atoms with Crippen molar-refractivity contribution < 1.29 is 4.74 Å². The number of hydrogen-bond acceptors (Lipinski definition) is 2. The fourth-order valence-corrected chi connectivity index (χ4v) is 2.22. The highest BCUT2D eigenvalue weighted by Gasteiger charge is 2.13. The van der Waals surface area contributed by atoms with Crippen molar-refractivity contribution in [3.63, 3.8) is 0 Å². The molecule has 16 heavy (non-hydrogen) atoms. The van der Waals surface area contributed by atoms with Crippen LogP contribution in [-0.2, 0) is 7.05 Å². The van der Waals surface area contributed by atoms with Gasteiger partial charge in [0, 0.05) is 24.2 Å². The van der Waals surface area contributed by atoms with Crippen LogP contribution in [0.15, 0.2) is 18.2 Å². The molecule has 0 amide bonds. The Bertz CT molecular complexity index is 526. The molecule has 0 radical (unpaired) electrons. The van der Waals surface area contributed by atoms with E-state index in [0.29, 0.717) is 0 Å². The molecule has 2 N–H and O–H groups in total. The van der Waals surface area contributed by atoms with Crippen LogP contribution >= 0.6 is 0 Å². The quantitative estimate of drug-likeness (QED) is 0.841. The molecule has 1 atom stereocenters. The summed E-state index contributed by atoms with van der Waals surface area (Å²) in [5, 5.41) is 1.19. The molecule has 0 saturated heterocycles. The molecular formula is C13H18N2O. The molecule has 3 nitrogen and oxygen atoms in total. The van der Waals surface area contributed by atoms with E-state index in [1.54, 1.807) is 7.11 Å². The zero-order valence-electron chi connectivity index (χ0n) is 10.2. The van der Waals surface area contributed by atoms with Gasteiger partial charge in [0.2, 0.25) is 0 Å². The summed E-state index contributed by atoms with van der Waals surface area (Å²) in [4.78, 5) is 0. The number of aryl methyl sites for hydroxylation is 2. The monoisotopic (exact) mass is 218 g/mol. The van der Waals surface area contributed by atoms with Crippen LogP contribution in [0.1, 0.15) is 24.2 Å². The predicted molar refractivity (Wildman–Crippen MR) is 66.8 cm³/mol. The molecule has 1 unspecified atom stereocenters. The zero-order valence-corrected chi connectivity index (χ0v) is 10.2. The molecule has 0 aliphatic heterocycles. The first kappa shape index (κ1) is 11.0. The van der Waals surface area contributed by atoms with E-state index in [9.17, 15) is 0 Å². The van der Waals surface area contributed by atoms with E-state index in [1.165, 1.54) is 10.9 Å². The maximum absolute atomic E-state index is 5.95. The summed E-state index contributed by atoms with van der Waals surface area (Å²) >= 11 is 0. The van der Waals surface area contributed by atoms with E-state index >= 15 is 0 Å². The molecule has 1 heterocycles. The number of methoxy groups -OCH3 is 1. The third-order valence-corrected chi connectivity index (χ3v) is 2.96. The Morgan fingerprint density at radius 1 is 1.31 bits per heavy atom. The van der Waals surface area contributed by atoms with E-state index in [4.69, 9.17) is 10.5 Å². The van der Waals surface area contributed by atoms with Crippen LogP contribution < -0.4 is 10.5 Å². The van der Waals surface area contributed by atoms with Crippen molar-refractivity contribution >= 4 is 10.9 Å². The van der Waals surface area contributed by atoms with Gasteiger partial charge < -0.3 is 15.0 Å². The van der Waals surface area contributed by atoms with Gasteiger partial charge in [-0.05, 0) is 37.6 Å². The Labute approximate surface area is 95.8 Å². The predicted octanol–water partition coefficient (Wildman–Crippen LogP) is 2.52. The van der Waals surface area contributed by atoms with Crippen LogP contribution in [0, 0.1) is 6.92 Å². The number of benzene rings is 1. The third-order valence-electron chi connectivity index (χ3n) is 2.96. The molecule has 0 aliphatic rings. The Kier molecular flexibility index (Phi) is 2.64. The van der Waals surface area contributed by atoms with Crippen molar-refractivity contribution in [2.45, 2.75) is 19.9 Å². The van der Waals surface area contributed by atoms with E-state index in [1.807, 2.05) is 20.0 Å². The van der Waals surface area contributed by atoms with Gasteiger partial charge in [-0.25, -0.2) is 0 Å². The first-order chi connectivity index (χ1) is 7.54. The van der Waals surface area contributed by atoms with E-state index in [-0.39, 0.29) is 6.04 Å². The highest BCUT2D eigenvalue weighted by atomic mass is 16.5. The van der Waals surface area contributed by atoms with Gasteiger partial charge in [0.25, 0.3) is 0 Å². The van der Waals surface area contributed by atoms with Crippen LogP contribution in [0.5, 0.6) is 5.75 Å². The average molecular weight is 218 g/mol. The van der Waals surface area contributed by atoms with Crippen LogP contribution in [0.3, 0.4) is 0 Å². The normalized spacial score (nSPS) is 13.1. The van der Waals surface area contributed by atoms with Crippen LogP contribution in [0.2, 0.25) is 0 Å². The third kappa shape index (κ3) is 1.57. The Hall–Kier alpha value is -1.48. The zero-order chi connectivity index (χ0) is 11.9. The maximum atomic E-state index is 5.95. The van der Waals surface area contributed by atoms with Crippen molar-refractivity contribution in [3.8, 4) is 5.75 Å². The summed E-state index contributed by atoms with van der Waals surface area (Å²) in [6, 6.07) is 6.37. The molecule has 0 saturated carbocycles. The lowest BCUT2D eigenvalue weighted by Gasteiger charge is -2.09. The number of hydrogen-bond donors (Lipinski definition) is 1. The topological polar surface area (TPSA) is 40.2 Å². The fourth-order valence-electron chi connectivity index (χ4n) is 2.22. The number of ether oxygens (including phenoxy) is 1. The largest absolute Gasteiger partial charge is 0.495 e. The second-order valence-electron chi connectivity index (χ2n) is 4.32. The first-order valence-corrected chi connectivity index (χ1v) is 5.44. The molecular weight excluding hydrogens is 200 g/mol. The lowest BCUT2D eigenvalue weighted by molar-refractivity contribution is 0.417. The van der Waals surface area contributed by atoms with Gasteiger partial charge in [0.05, 0.1) is 12.6 Å². The van der Waals surface area contributed by atoms with Gasteiger partial charge in [-0.15, -0.1) is 0 Å². The van der Waals surface area contributed by atoms with E-state index in [0.717, 1.165) is 17.0 Å². The minimum atomic E-state index is 0.0300. The van der Waals surface area contributed by atoms with Gasteiger partial charge in [-0.3, -0.25) is 0 Å². The molecule has 0 aliphatic carbocycles. The minimum Gasteiger partial charge on any atom is -0.495 e. The number of fused-ring (bicyclic) bond motifs is 1. The SMILES string of the molecule is COc1cc(C)cc2cc(C(C)N)n(C)c12. The van der Waals surface area contributed by atoms with E-state index in [2.05, 4.69) is 23.6 Å². The minimum absolute atomic E-state index is 0.0300. The van der Waals surface area contributed by atoms with Crippen molar-refractivity contribution in [1.82, 2.24) is 4.57 Å². The Balaban J connectivity index is 2.80. The second-order valence-corrected chi connectivity index (χ2v) is 4.32. The standard InChI is InChI=1S/C13H18N2O/c1-8-5-10-7-11(9(2)14)15(3)13(10)12(6-8)16-4/h5-7,9H,14H2,1-4H3. The summed E-state index contributed by atoms with van der Waals surface area (Å²) in [5.74, 6) is 0.907. The smallest absolute Gasteiger partial charge is 0.143 e. The van der Waals surface area contributed by atoms with Crippen molar-refractivity contribution in [2.24, 2.45) is 12.8 Å². The van der Waals surface area contributed by atoms with Crippen LogP contribution in [0.25, 0.3) is 10.9 Å². The molecule has 86 valence electrons. The highest BCUT2D eigenvalue weighted by Crippen LogP contribution is 2.31. The van der Waals surface area contributed by atoms with E-state index < -0.39 is 0 Å². The van der Waals surface area contributed by atoms with Gasteiger partial charge in [-0.2, -0.15) is 0 Å². The molecule has 0 fully saturated rings. The Morgan fingerprint density at radius 3 is 2.56 bits per heavy atom. The van der Waals surface area contributed by atoms with Crippen LogP contribution in [0.4, 0.5) is 0 Å². The van der Waals surface area contributed by atoms with Crippen LogP contribution in [-0.4, -0.2) is 11.7 Å². The Morgan fingerprint density at radius 2 is 2.00 bits per heavy atom. The molecule has 1 aromatic carbocycles. The number of nitrogens with zero attached hydrogens (tertiary/aromatic N) is 1. The fraction of sp³-hybridized carbons (Fsp3) is 0.385. The highest BCUT2D eigenvalue weighted by molar-refractivity contribution is 5.88. The van der Waals surface area contributed by atoms with Crippen molar-refractivity contribution in [3.05, 3.63) is 29.5 Å². The summed E-state index contributed by atoms with van der Waals surface area (Å²) < 4.78 is 7.53. The summed E-state index contributed by atoms with van der Waals surface area (Å²) in [6.07, 6.45) is 0. The van der Waals surface area contributed by atoms with Crippen molar-refractivity contribution in [1.29, 1.82) is 0 Å². The lowest BCUT2D eigenvalue weighted by Crippen LogP contribution is -2.09. The average Bonchev–Trinajstić information content (AvgIpc) is 2.55. The van der Waals surface area contributed by atoms with Crippen molar-refractivity contribution in [2.75, 3.05) is 7.11 Å². The van der Waals surface area contributed by atoms with Gasteiger partial charge >= 0.3 is 0 Å². The molecule has 2 aromatic rings.